The standard InChI is InChI=1S/C21H24N4O2S/c1-3-18(26)25-10-6-7-14(11-25)20(27)24-21-23-17(12-28-21)19-13(2)22-16-9-5-4-8-15(16)19/h4-5,8-9,12,14,22H,3,6-7,10-11H2,1-2H3,(H,23,24,27). The van der Waals surface area contributed by atoms with Crippen LogP contribution in [-0.2, 0) is 9.59 Å². The Morgan fingerprint density at radius 2 is 2.18 bits per heavy atom. The second-order valence-corrected chi connectivity index (χ2v) is 8.09. The molecule has 0 aliphatic carbocycles. The number of likely N-dealkylation sites (tertiary alicyclic amines) is 1. The zero-order valence-corrected chi connectivity index (χ0v) is 16.9. The predicted octanol–water partition coefficient (Wildman–Crippen LogP) is 4.19. The van der Waals surface area contributed by atoms with Gasteiger partial charge in [-0.05, 0) is 25.8 Å². The highest BCUT2D eigenvalue weighted by Crippen LogP contribution is 2.34. The maximum absolute atomic E-state index is 12.7. The number of carbonyl (C=O) groups is 2. The second-order valence-electron chi connectivity index (χ2n) is 7.23. The van der Waals surface area contributed by atoms with E-state index in [1.54, 1.807) is 4.90 Å². The van der Waals surface area contributed by atoms with E-state index in [4.69, 9.17) is 0 Å². The summed E-state index contributed by atoms with van der Waals surface area (Å²) in [5, 5.41) is 6.67. The first-order valence-corrected chi connectivity index (χ1v) is 10.6. The summed E-state index contributed by atoms with van der Waals surface area (Å²) in [6.07, 6.45) is 2.15. The van der Waals surface area contributed by atoms with Gasteiger partial charge in [0.25, 0.3) is 0 Å². The molecule has 7 heteroatoms. The lowest BCUT2D eigenvalue weighted by molar-refractivity contribution is -0.134. The molecule has 6 nitrogen and oxygen atoms in total. The third kappa shape index (κ3) is 3.54. The third-order valence-electron chi connectivity index (χ3n) is 5.33. The molecule has 0 spiro atoms. The number of hydrogen-bond donors (Lipinski definition) is 2. The summed E-state index contributed by atoms with van der Waals surface area (Å²) >= 11 is 1.43. The fraction of sp³-hybridized carbons (Fsp3) is 0.381. The molecule has 1 unspecified atom stereocenters. The smallest absolute Gasteiger partial charge is 0.231 e. The number of piperidine rings is 1. The Morgan fingerprint density at radius 3 is 3.00 bits per heavy atom. The molecule has 3 heterocycles. The number of para-hydroxylation sites is 1. The molecule has 2 amide bonds. The molecule has 0 saturated carbocycles. The fourth-order valence-electron chi connectivity index (χ4n) is 3.90. The van der Waals surface area contributed by atoms with E-state index in [1.165, 1.54) is 11.3 Å². The van der Waals surface area contributed by atoms with Gasteiger partial charge in [-0.2, -0.15) is 0 Å². The van der Waals surface area contributed by atoms with Crippen molar-refractivity contribution in [2.45, 2.75) is 33.1 Å². The van der Waals surface area contributed by atoms with Crippen LogP contribution in [0, 0.1) is 12.8 Å². The molecule has 0 bridgehead atoms. The van der Waals surface area contributed by atoms with Gasteiger partial charge in [-0.3, -0.25) is 9.59 Å². The monoisotopic (exact) mass is 396 g/mol. The van der Waals surface area contributed by atoms with Crippen LogP contribution in [0.25, 0.3) is 22.2 Å². The minimum atomic E-state index is -0.175. The lowest BCUT2D eigenvalue weighted by Crippen LogP contribution is -2.43. The highest BCUT2D eigenvalue weighted by atomic mass is 32.1. The number of benzene rings is 1. The zero-order chi connectivity index (χ0) is 19.7. The Labute approximate surface area is 168 Å². The molecule has 1 saturated heterocycles. The molecular formula is C21H24N4O2S. The first kappa shape index (κ1) is 18.7. The van der Waals surface area contributed by atoms with Crippen LogP contribution in [0.1, 0.15) is 31.9 Å². The Hall–Kier alpha value is -2.67. The van der Waals surface area contributed by atoms with E-state index in [1.807, 2.05) is 37.4 Å². The molecule has 28 heavy (non-hydrogen) atoms. The molecule has 4 rings (SSSR count). The number of fused-ring (bicyclic) bond motifs is 1. The van der Waals surface area contributed by atoms with Gasteiger partial charge in [0.15, 0.2) is 5.13 Å². The van der Waals surface area contributed by atoms with Gasteiger partial charge < -0.3 is 15.2 Å². The predicted molar refractivity (Wildman–Crippen MR) is 112 cm³/mol. The quantitative estimate of drug-likeness (QED) is 0.694. The van der Waals surface area contributed by atoms with Crippen molar-refractivity contribution < 1.29 is 9.59 Å². The number of H-pyrrole nitrogens is 1. The van der Waals surface area contributed by atoms with Crippen molar-refractivity contribution in [2.24, 2.45) is 5.92 Å². The van der Waals surface area contributed by atoms with Crippen molar-refractivity contribution in [1.29, 1.82) is 0 Å². The number of aromatic amines is 1. The average molecular weight is 397 g/mol. The van der Waals surface area contributed by atoms with Crippen LogP contribution in [0.2, 0.25) is 0 Å². The van der Waals surface area contributed by atoms with Gasteiger partial charge in [-0.1, -0.05) is 25.1 Å². The van der Waals surface area contributed by atoms with Crippen molar-refractivity contribution in [3.05, 3.63) is 35.3 Å². The van der Waals surface area contributed by atoms with Crippen molar-refractivity contribution in [3.8, 4) is 11.3 Å². The minimum absolute atomic E-state index is 0.0508. The molecule has 3 aromatic rings. The molecule has 2 aromatic heterocycles. The summed E-state index contributed by atoms with van der Waals surface area (Å²) in [6, 6.07) is 8.15. The Morgan fingerprint density at radius 1 is 1.36 bits per heavy atom. The largest absolute Gasteiger partial charge is 0.358 e. The third-order valence-corrected chi connectivity index (χ3v) is 6.09. The van der Waals surface area contributed by atoms with Gasteiger partial charge in [0.05, 0.1) is 11.6 Å². The lowest BCUT2D eigenvalue weighted by atomic mass is 9.97. The van der Waals surface area contributed by atoms with Crippen LogP contribution in [0.3, 0.4) is 0 Å². The number of hydrogen-bond acceptors (Lipinski definition) is 4. The molecule has 1 aliphatic rings. The maximum Gasteiger partial charge on any atom is 0.231 e. The van der Waals surface area contributed by atoms with E-state index >= 15 is 0 Å². The van der Waals surface area contributed by atoms with Gasteiger partial charge in [-0.25, -0.2) is 4.98 Å². The number of thiazole rings is 1. The van der Waals surface area contributed by atoms with Crippen LogP contribution in [0.4, 0.5) is 5.13 Å². The van der Waals surface area contributed by atoms with Crippen molar-refractivity contribution in [2.75, 3.05) is 18.4 Å². The Kier molecular flexibility index (Phi) is 5.17. The average Bonchev–Trinajstić information content (AvgIpc) is 3.30. The fourth-order valence-corrected chi connectivity index (χ4v) is 4.61. The van der Waals surface area contributed by atoms with Crippen molar-refractivity contribution in [3.63, 3.8) is 0 Å². The highest BCUT2D eigenvalue weighted by molar-refractivity contribution is 7.14. The van der Waals surface area contributed by atoms with E-state index in [-0.39, 0.29) is 17.7 Å². The first-order valence-electron chi connectivity index (χ1n) is 9.68. The molecule has 0 radical (unpaired) electrons. The SMILES string of the molecule is CCC(=O)N1CCCC(C(=O)Nc2nc(-c3c(C)[nH]c4ccccc34)cs2)C1. The zero-order valence-electron chi connectivity index (χ0n) is 16.1. The summed E-state index contributed by atoms with van der Waals surface area (Å²) in [5.41, 5.74) is 4.08. The second kappa shape index (κ2) is 7.75. The number of nitrogens with zero attached hydrogens (tertiary/aromatic N) is 2. The summed E-state index contributed by atoms with van der Waals surface area (Å²) in [5.74, 6) is -0.111. The van der Waals surface area contributed by atoms with Gasteiger partial charge in [0.1, 0.15) is 0 Å². The van der Waals surface area contributed by atoms with Gasteiger partial charge in [-0.15, -0.1) is 11.3 Å². The highest BCUT2D eigenvalue weighted by Gasteiger charge is 2.28. The summed E-state index contributed by atoms with van der Waals surface area (Å²) < 4.78 is 0. The number of amides is 2. The minimum Gasteiger partial charge on any atom is -0.358 e. The van der Waals surface area contributed by atoms with Crippen LogP contribution in [-0.4, -0.2) is 39.8 Å². The Bertz CT molecular complexity index is 1020. The van der Waals surface area contributed by atoms with Crippen LogP contribution < -0.4 is 5.32 Å². The van der Waals surface area contributed by atoms with Gasteiger partial charge in [0.2, 0.25) is 11.8 Å². The van der Waals surface area contributed by atoms with Crippen LogP contribution >= 0.6 is 11.3 Å². The van der Waals surface area contributed by atoms with Gasteiger partial charge in [0, 0.05) is 47.1 Å². The first-order chi connectivity index (χ1) is 13.6. The van der Waals surface area contributed by atoms with Crippen molar-refractivity contribution >= 4 is 39.2 Å². The van der Waals surface area contributed by atoms with E-state index in [2.05, 4.69) is 21.4 Å². The van der Waals surface area contributed by atoms with E-state index < -0.39 is 0 Å². The number of nitrogens with one attached hydrogen (secondary N) is 2. The van der Waals surface area contributed by atoms with Gasteiger partial charge >= 0.3 is 0 Å². The van der Waals surface area contributed by atoms with Crippen LogP contribution in [0.5, 0.6) is 0 Å². The van der Waals surface area contributed by atoms with Crippen LogP contribution in [0.15, 0.2) is 29.6 Å². The summed E-state index contributed by atoms with van der Waals surface area (Å²) in [7, 11) is 0. The number of carbonyl (C=O) groups excluding carboxylic acids is 2. The maximum atomic E-state index is 12.7. The van der Waals surface area contributed by atoms with Crippen molar-refractivity contribution in [1.82, 2.24) is 14.9 Å². The number of aromatic nitrogens is 2. The lowest BCUT2D eigenvalue weighted by Gasteiger charge is -2.31. The molecule has 146 valence electrons. The number of anilines is 1. The van der Waals surface area contributed by atoms with E-state index in [0.29, 0.717) is 18.1 Å². The van der Waals surface area contributed by atoms with E-state index in [9.17, 15) is 9.59 Å². The molecule has 1 fully saturated rings. The summed E-state index contributed by atoms with van der Waals surface area (Å²) in [6.45, 7) is 5.14. The van der Waals surface area contributed by atoms with E-state index in [0.717, 1.165) is 47.2 Å². The number of aryl methyl sites for hydroxylation is 1. The molecule has 2 N–H and O–H groups in total. The molecular weight excluding hydrogens is 372 g/mol. The summed E-state index contributed by atoms with van der Waals surface area (Å²) in [4.78, 5) is 34.5. The molecule has 1 aliphatic heterocycles. The Balaban J connectivity index is 1.50. The molecule has 1 aromatic carbocycles. The number of rotatable bonds is 4. The molecule has 1 atom stereocenters. The topological polar surface area (TPSA) is 78.1 Å². The normalized spacial score (nSPS) is 17.1.